The summed E-state index contributed by atoms with van der Waals surface area (Å²) in [6, 6.07) is 10.2. The number of hydrogen-bond donors (Lipinski definition) is 1. The molecule has 2 aromatic heterocycles. The fourth-order valence-electron chi connectivity index (χ4n) is 2.03. The van der Waals surface area contributed by atoms with Crippen LogP contribution in [-0.4, -0.2) is 26.6 Å². The third-order valence-electron chi connectivity index (χ3n) is 2.96. The highest BCUT2D eigenvalue weighted by atomic mass is 15.3. The zero-order valence-corrected chi connectivity index (χ0v) is 10.6. The van der Waals surface area contributed by atoms with Gasteiger partial charge in [0.2, 0.25) is 11.6 Å². The smallest absolute Gasteiger partial charge is 0.226 e. The second kappa shape index (κ2) is 4.56. The molecule has 2 N–H and O–H groups in total. The summed E-state index contributed by atoms with van der Waals surface area (Å²) in [5, 5.41) is 7.93. The molecule has 0 fully saturated rings. The topological polar surface area (TPSA) is 72.3 Å². The number of hydrogen-bond acceptors (Lipinski definition) is 5. The third-order valence-corrected chi connectivity index (χ3v) is 2.96. The Morgan fingerprint density at radius 2 is 2.00 bits per heavy atom. The van der Waals surface area contributed by atoms with E-state index in [1.54, 1.807) is 16.8 Å². The summed E-state index contributed by atoms with van der Waals surface area (Å²) in [5.74, 6) is 1.13. The first-order valence-corrected chi connectivity index (χ1v) is 5.96. The van der Waals surface area contributed by atoms with Gasteiger partial charge in [-0.3, -0.25) is 4.40 Å². The van der Waals surface area contributed by atoms with E-state index >= 15 is 0 Å². The second-order valence-electron chi connectivity index (χ2n) is 4.34. The van der Waals surface area contributed by atoms with Gasteiger partial charge in [-0.1, -0.05) is 30.3 Å². The van der Waals surface area contributed by atoms with E-state index < -0.39 is 0 Å². The van der Waals surface area contributed by atoms with Crippen LogP contribution in [-0.2, 0) is 6.54 Å². The molecule has 3 aromatic rings. The standard InChI is InChI=1S/C13H14N6/c1-18(9-10-5-3-2-4-6-10)11-12-16-17-13(14)19(12)8-7-15-11/h2-8H,9H2,1H3,(H2,14,17). The van der Waals surface area contributed by atoms with Crippen molar-refractivity contribution in [2.75, 3.05) is 17.7 Å². The van der Waals surface area contributed by atoms with Gasteiger partial charge < -0.3 is 10.6 Å². The molecule has 2 heterocycles. The van der Waals surface area contributed by atoms with Crippen LogP contribution in [0.3, 0.4) is 0 Å². The summed E-state index contributed by atoms with van der Waals surface area (Å²) in [7, 11) is 1.97. The summed E-state index contributed by atoms with van der Waals surface area (Å²) < 4.78 is 1.73. The minimum atomic E-state index is 0.367. The fourth-order valence-corrected chi connectivity index (χ4v) is 2.03. The fraction of sp³-hybridized carbons (Fsp3) is 0.154. The van der Waals surface area contributed by atoms with Crippen LogP contribution in [0.4, 0.5) is 11.8 Å². The van der Waals surface area contributed by atoms with Crippen molar-refractivity contribution < 1.29 is 0 Å². The van der Waals surface area contributed by atoms with Crippen molar-refractivity contribution in [1.82, 2.24) is 19.6 Å². The number of nitrogens with zero attached hydrogens (tertiary/aromatic N) is 5. The van der Waals surface area contributed by atoms with Crippen LogP contribution >= 0.6 is 0 Å². The minimum absolute atomic E-state index is 0.367. The van der Waals surface area contributed by atoms with E-state index in [9.17, 15) is 0 Å². The Bertz CT molecular complexity index is 691. The lowest BCUT2D eigenvalue weighted by Crippen LogP contribution is -2.18. The molecule has 0 atom stereocenters. The van der Waals surface area contributed by atoms with E-state index in [1.807, 2.05) is 30.1 Å². The molecule has 0 radical (unpaired) electrons. The van der Waals surface area contributed by atoms with Crippen molar-refractivity contribution in [3.63, 3.8) is 0 Å². The average molecular weight is 254 g/mol. The Morgan fingerprint density at radius 1 is 1.21 bits per heavy atom. The largest absolute Gasteiger partial charge is 0.368 e. The SMILES string of the molecule is CN(Cc1ccccc1)c1nccn2c(N)nnc12. The Labute approximate surface area is 110 Å². The first kappa shape index (κ1) is 11.5. The molecule has 1 aromatic carbocycles. The van der Waals surface area contributed by atoms with Gasteiger partial charge in [0.1, 0.15) is 0 Å². The molecule has 3 rings (SSSR count). The normalized spacial score (nSPS) is 10.8. The first-order chi connectivity index (χ1) is 9.25. The van der Waals surface area contributed by atoms with Gasteiger partial charge >= 0.3 is 0 Å². The van der Waals surface area contributed by atoms with Crippen molar-refractivity contribution >= 4 is 17.4 Å². The lowest BCUT2D eigenvalue weighted by molar-refractivity contribution is 0.892. The van der Waals surface area contributed by atoms with Gasteiger partial charge in [-0.2, -0.15) is 0 Å². The molecule has 0 saturated heterocycles. The lowest BCUT2D eigenvalue weighted by Gasteiger charge is -2.18. The van der Waals surface area contributed by atoms with Crippen molar-refractivity contribution in [1.29, 1.82) is 0 Å². The predicted octanol–water partition coefficient (Wildman–Crippen LogP) is 1.34. The highest BCUT2D eigenvalue weighted by molar-refractivity contribution is 5.65. The second-order valence-corrected chi connectivity index (χ2v) is 4.34. The molecular weight excluding hydrogens is 240 g/mol. The zero-order valence-electron chi connectivity index (χ0n) is 10.6. The Balaban J connectivity index is 1.96. The summed E-state index contributed by atoms with van der Waals surface area (Å²) >= 11 is 0. The maximum Gasteiger partial charge on any atom is 0.226 e. The maximum atomic E-state index is 5.74. The number of nitrogen functional groups attached to an aromatic ring is 1. The number of aromatic nitrogens is 4. The van der Waals surface area contributed by atoms with Gasteiger partial charge in [0.15, 0.2) is 5.82 Å². The van der Waals surface area contributed by atoms with Crippen LogP contribution in [0.2, 0.25) is 0 Å². The van der Waals surface area contributed by atoms with Crippen molar-refractivity contribution in [3.05, 3.63) is 48.3 Å². The first-order valence-electron chi connectivity index (χ1n) is 5.96. The van der Waals surface area contributed by atoms with Crippen LogP contribution in [0, 0.1) is 0 Å². The van der Waals surface area contributed by atoms with E-state index in [1.165, 1.54) is 5.56 Å². The van der Waals surface area contributed by atoms with E-state index in [0.29, 0.717) is 11.6 Å². The average Bonchev–Trinajstić information content (AvgIpc) is 2.82. The van der Waals surface area contributed by atoms with Crippen LogP contribution < -0.4 is 10.6 Å². The van der Waals surface area contributed by atoms with E-state index in [2.05, 4.69) is 27.3 Å². The van der Waals surface area contributed by atoms with Crippen molar-refractivity contribution in [2.45, 2.75) is 6.54 Å². The molecule has 0 aliphatic heterocycles. The number of nitrogens with two attached hydrogens (primary N) is 1. The van der Waals surface area contributed by atoms with Gasteiger partial charge in [0.25, 0.3) is 0 Å². The van der Waals surface area contributed by atoms with Crippen LogP contribution in [0.1, 0.15) is 5.56 Å². The number of rotatable bonds is 3. The quantitative estimate of drug-likeness (QED) is 0.763. The number of fused-ring (bicyclic) bond motifs is 1. The summed E-state index contributed by atoms with van der Waals surface area (Å²) in [6.07, 6.45) is 3.45. The molecule has 0 unspecified atom stereocenters. The minimum Gasteiger partial charge on any atom is -0.368 e. The Morgan fingerprint density at radius 3 is 2.79 bits per heavy atom. The van der Waals surface area contributed by atoms with E-state index in [-0.39, 0.29) is 0 Å². The Kier molecular flexibility index (Phi) is 2.75. The Hall–Kier alpha value is -2.63. The van der Waals surface area contributed by atoms with Gasteiger partial charge in [-0.25, -0.2) is 4.98 Å². The molecular formula is C13H14N6. The number of anilines is 2. The van der Waals surface area contributed by atoms with Gasteiger partial charge in [0.05, 0.1) is 0 Å². The molecule has 6 nitrogen and oxygen atoms in total. The number of benzene rings is 1. The molecule has 0 aliphatic carbocycles. The van der Waals surface area contributed by atoms with E-state index in [4.69, 9.17) is 5.73 Å². The van der Waals surface area contributed by atoms with Crippen molar-refractivity contribution in [3.8, 4) is 0 Å². The molecule has 96 valence electrons. The van der Waals surface area contributed by atoms with Crippen molar-refractivity contribution in [2.24, 2.45) is 0 Å². The zero-order chi connectivity index (χ0) is 13.2. The third kappa shape index (κ3) is 2.08. The molecule has 0 spiro atoms. The molecule has 0 bridgehead atoms. The molecule has 6 heteroatoms. The molecule has 0 saturated carbocycles. The monoisotopic (exact) mass is 254 g/mol. The highest BCUT2D eigenvalue weighted by Crippen LogP contribution is 2.18. The van der Waals surface area contributed by atoms with E-state index in [0.717, 1.165) is 12.4 Å². The molecule has 19 heavy (non-hydrogen) atoms. The molecule has 0 amide bonds. The summed E-state index contributed by atoms with van der Waals surface area (Å²) in [6.45, 7) is 0.750. The highest BCUT2D eigenvalue weighted by Gasteiger charge is 2.12. The molecule has 0 aliphatic rings. The van der Waals surface area contributed by atoms with Gasteiger partial charge in [-0.05, 0) is 5.56 Å². The van der Waals surface area contributed by atoms with Crippen LogP contribution in [0.15, 0.2) is 42.7 Å². The van der Waals surface area contributed by atoms with Gasteiger partial charge in [-0.15, -0.1) is 10.2 Å². The van der Waals surface area contributed by atoms with Crippen LogP contribution in [0.25, 0.3) is 5.65 Å². The maximum absolute atomic E-state index is 5.74. The summed E-state index contributed by atoms with van der Waals surface area (Å²) in [4.78, 5) is 6.39. The predicted molar refractivity (Wildman–Crippen MR) is 73.7 cm³/mol. The lowest BCUT2D eigenvalue weighted by atomic mass is 10.2. The van der Waals surface area contributed by atoms with Crippen LogP contribution in [0.5, 0.6) is 0 Å². The summed E-state index contributed by atoms with van der Waals surface area (Å²) in [5.41, 5.74) is 7.62. The van der Waals surface area contributed by atoms with Gasteiger partial charge in [0, 0.05) is 26.0 Å².